The summed E-state index contributed by atoms with van der Waals surface area (Å²) in [5.41, 5.74) is 1.34. The number of oxime groups is 1. The Bertz CT molecular complexity index is 853. The van der Waals surface area contributed by atoms with Crippen molar-refractivity contribution in [1.29, 1.82) is 0 Å². The van der Waals surface area contributed by atoms with E-state index in [1.807, 2.05) is 48.5 Å². The number of carbonyl (C=O) groups excluding carboxylic acids is 1. The van der Waals surface area contributed by atoms with Crippen LogP contribution in [-0.2, 0) is 4.84 Å². The van der Waals surface area contributed by atoms with E-state index in [1.165, 1.54) is 0 Å². The molecule has 0 saturated carbocycles. The summed E-state index contributed by atoms with van der Waals surface area (Å²) in [4.78, 5) is 16.9. The Balaban J connectivity index is 1.80. The molecule has 0 aliphatic heterocycles. The van der Waals surface area contributed by atoms with Crippen molar-refractivity contribution in [2.45, 2.75) is 0 Å². The first-order valence-electron chi connectivity index (χ1n) is 6.73. The molecule has 0 heterocycles. The Kier molecular flexibility index (Phi) is 4.30. The van der Waals surface area contributed by atoms with Crippen LogP contribution in [0.2, 0.25) is 0 Å². The third-order valence-corrected chi connectivity index (χ3v) is 3.94. The van der Waals surface area contributed by atoms with Crippen molar-refractivity contribution >= 4 is 38.9 Å². The van der Waals surface area contributed by atoms with Crippen LogP contribution in [-0.4, -0.2) is 12.2 Å². The van der Waals surface area contributed by atoms with Gasteiger partial charge in [-0.3, -0.25) is 0 Å². The largest absolute Gasteiger partial charge is 0.366 e. The fourth-order valence-corrected chi connectivity index (χ4v) is 2.62. The highest BCUT2D eigenvalue weighted by atomic mass is 79.9. The van der Waals surface area contributed by atoms with Crippen LogP contribution in [0.1, 0.15) is 15.9 Å². The lowest BCUT2D eigenvalue weighted by molar-refractivity contribution is 0.0518. The van der Waals surface area contributed by atoms with E-state index in [0.717, 1.165) is 16.3 Å². The van der Waals surface area contributed by atoms with Crippen molar-refractivity contribution in [3.05, 3.63) is 82.3 Å². The molecule has 3 aromatic carbocycles. The first-order valence-corrected chi connectivity index (χ1v) is 7.52. The molecule has 0 amide bonds. The Labute approximate surface area is 136 Å². The maximum Gasteiger partial charge on any atom is 0.366 e. The average Bonchev–Trinajstić information content (AvgIpc) is 2.55. The van der Waals surface area contributed by atoms with Crippen molar-refractivity contribution in [2.24, 2.45) is 5.16 Å². The van der Waals surface area contributed by atoms with Crippen LogP contribution < -0.4 is 0 Å². The van der Waals surface area contributed by atoms with Gasteiger partial charge in [0, 0.05) is 10.0 Å². The molecule has 0 N–H and O–H groups in total. The monoisotopic (exact) mass is 353 g/mol. The molecule has 4 heteroatoms. The molecular weight excluding hydrogens is 342 g/mol. The average molecular weight is 354 g/mol. The van der Waals surface area contributed by atoms with Gasteiger partial charge in [0.2, 0.25) is 0 Å². The van der Waals surface area contributed by atoms with E-state index in [2.05, 4.69) is 21.1 Å². The predicted molar refractivity (Wildman–Crippen MR) is 91.1 cm³/mol. The number of hydrogen-bond acceptors (Lipinski definition) is 3. The highest BCUT2D eigenvalue weighted by molar-refractivity contribution is 9.10. The summed E-state index contributed by atoms with van der Waals surface area (Å²) >= 11 is 3.31. The Morgan fingerprint density at radius 1 is 0.955 bits per heavy atom. The molecule has 0 aliphatic carbocycles. The van der Waals surface area contributed by atoms with E-state index in [-0.39, 0.29) is 0 Å². The molecule has 22 heavy (non-hydrogen) atoms. The number of carbonyl (C=O) groups is 1. The molecule has 0 spiro atoms. The van der Waals surface area contributed by atoms with Crippen LogP contribution in [0.15, 0.2) is 76.4 Å². The lowest BCUT2D eigenvalue weighted by Gasteiger charge is -2.02. The van der Waals surface area contributed by atoms with Crippen LogP contribution in [0, 0.1) is 0 Å². The van der Waals surface area contributed by atoms with Gasteiger partial charge in [-0.15, -0.1) is 0 Å². The highest BCUT2D eigenvalue weighted by Crippen LogP contribution is 2.18. The van der Waals surface area contributed by atoms with Crippen LogP contribution in [0.5, 0.6) is 0 Å². The van der Waals surface area contributed by atoms with Gasteiger partial charge in [0.1, 0.15) is 0 Å². The second kappa shape index (κ2) is 6.54. The quantitative estimate of drug-likeness (QED) is 0.385. The summed E-state index contributed by atoms with van der Waals surface area (Å²) in [7, 11) is 0. The number of rotatable bonds is 3. The molecule has 0 saturated heterocycles. The van der Waals surface area contributed by atoms with E-state index in [1.54, 1.807) is 24.4 Å². The van der Waals surface area contributed by atoms with Gasteiger partial charge in [0.15, 0.2) is 0 Å². The molecule has 3 aromatic rings. The molecule has 0 unspecified atom stereocenters. The van der Waals surface area contributed by atoms with Crippen molar-refractivity contribution in [1.82, 2.24) is 0 Å². The van der Waals surface area contributed by atoms with Crippen LogP contribution in [0.3, 0.4) is 0 Å². The minimum atomic E-state index is -0.496. The fourth-order valence-electron chi connectivity index (χ4n) is 2.17. The van der Waals surface area contributed by atoms with Gasteiger partial charge < -0.3 is 4.84 Å². The lowest BCUT2D eigenvalue weighted by atomic mass is 10.1. The summed E-state index contributed by atoms with van der Waals surface area (Å²) in [6, 6.07) is 21.0. The number of hydrogen-bond donors (Lipinski definition) is 0. The van der Waals surface area contributed by atoms with E-state index >= 15 is 0 Å². The van der Waals surface area contributed by atoms with E-state index in [9.17, 15) is 4.79 Å². The van der Waals surface area contributed by atoms with E-state index < -0.39 is 5.97 Å². The Hall–Kier alpha value is -2.46. The lowest BCUT2D eigenvalue weighted by Crippen LogP contribution is -2.02. The second-order valence-electron chi connectivity index (χ2n) is 4.66. The van der Waals surface area contributed by atoms with Gasteiger partial charge in [0.05, 0.1) is 11.8 Å². The Morgan fingerprint density at radius 3 is 2.55 bits per heavy atom. The van der Waals surface area contributed by atoms with Crippen LogP contribution >= 0.6 is 15.9 Å². The molecule has 0 bridgehead atoms. The van der Waals surface area contributed by atoms with Gasteiger partial charge in [-0.25, -0.2) is 4.79 Å². The normalized spacial score (nSPS) is 11.0. The van der Waals surface area contributed by atoms with Gasteiger partial charge in [0.25, 0.3) is 0 Å². The molecule has 0 atom stereocenters. The summed E-state index contributed by atoms with van der Waals surface area (Å²) in [6.45, 7) is 0. The molecule has 0 radical (unpaired) electrons. The zero-order valence-electron chi connectivity index (χ0n) is 11.6. The SMILES string of the molecule is O=C(O/N=C/c1cccc2ccccc12)c1ccccc1Br. The topological polar surface area (TPSA) is 38.7 Å². The third kappa shape index (κ3) is 3.07. The number of benzene rings is 3. The third-order valence-electron chi connectivity index (χ3n) is 3.24. The van der Waals surface area contributed by atoms with Crippen molar-refractivity contribution in [2.75, 3.05) is 0 Å². The molecule has 0 fully saturated rings. The van der Waals surface area contributed by atoms with Crippen molar-refractivity contribution < 1.29 is 9.63 Å². The first-order chi connectivity index (χ1) is 10.8. The molecule has 0 aliphatic rings. The minimum Gasteiger partial charge on any atom is -0.313 e. The highest BCUT2D eigenvalue weighted by Gasteiger charge is 2.10. The van der Waals surface area contributed by atoms with Crippen LogP contribution in [0.25, 0.3) is 10.8 Å². The predicted octanol–water partition coefficient (Wildman–Crippen LogP) is 4.79. The molecule has 108 valence electrons. The number of halogens is 1. The number of fused-ring (bicyclic) bond motifs is 1. The maximum absolute atomic E-state index is 12.0. The molecular formula is C18H12BrNO2. The van der Waals surface area contributed by atoms with Crippen LogP contribution in [0.4, 0.5) is 0 Å². The zero-order valence-corrected chi connectivity index (χ0v) is 13.2. The van der Waals surface area contributed by atoms with Crippen molar-refractivity contribution in [3.63, 3.8) is 0 Å². The first kappa shape index (κ1) is 14.5. The minimum absolute atomic E-state index is 0.442. The summed E-state index contributed by atoms with van der Waals surface area (Å²) in [5.74, 6) is -0.496. The second-order valence-corrected chi connectivity index (χ2v) is 5.52. The maximum atomic E-state index is 12.0. The standard InChI is InChI=1S/C18H12BrNO2/c19-17-11-4-3-10-16(17)18(21)22-20-12-14-8-5-7-13-6-1-2-9-15(13)14/h1-12H/b20-12+. The zero-order chi connectivity index (χ0) is 15.4. The van der Waals surface area contributed by atoms with Gasteiger partial charge in [-0.2, -0.15) is 0 Å². The summed E-state index contributed by atoms with van der Waals surface area (Å²) in [5, 5.41) is 5.99. The van der Waals surface area contributed by atoms with E-state index in [0.29, 0.717) is 10.0 Å². The van der Waals surface area contributed by atoms with E-state index in [4.69, 9.17) is 4.84 Å². The van der Waals surface area contributed by atoms with Crippen molar-refractivity contribution in [3.8, 4) is 0 Å². The van der Waals surface area contributed by atoms with Gasteiger partial charge in [-0.05, 0) is 38.8 Å². The molecule has 3 nitrogen and oxygen atoms in total. The number of nitrogens with zero attached hydrogens (tertiary/aromatic N) is 1. The van der Waals surface area contributed by atoms with Gasteiger partial charge >= 0.3 is 5.97 Å². The summed E-state index contributed by atoms with van der Waals surface area (Å²) in [6.07, 6.45) is 1.55. The molecule has 0 aromatic heterocycles. The Morgan fingerprint density at radius 2 is 1.68 bits per heavy atom. The van der Waals surface area contributed by atoms with Gasteiger partial charge in [-0.1, -0.05) is 59.8 Å². The fraction of sp³-hybridized carbons (Fsp3) is 0. The smallest absolute Gasteiger partial charge is 0.313 e. The summed E-state index contributed by atoms with van der Waals surface area (Å²) < 4.78 is 0.681. The molecule has 3 rings (SSSR count).